The molecule has 0 spiro atoms. The van der Waals surface area contributed by atoms with Crippen LogP contribution < -0.4 is 10.5 Å². The van der Waals surface area contributed by atoms with Gasteiger partial charge in [0.2, 0.25) is 5.88 Å². The average molecular weight is 303 g/mol. The maximum Gasteiger partial charge on any atom is 0.227 e. The Hall–Kier alpha value is -2.17. The number of hydrogen-bond donors (Lipinski definition) is 1. The quantitative estimate of drug-likeness (QED) is 0.785. The molecule has 0 bridgehead atoms. The van der Waals surface area contributed by atoms with E-state index in [2.05, 4.69) is 4.98 Å². The van der Waals surface area contributed by atoms with Crippen molar-refractivity contribution >= 4 is 22.4 Å². The maximum absolute atomic E-state index is 13.1. The molecule has 3 aromatic rings. The largest absolute Gasteiger partial charge is 0.437 e. The molecular weight excluding hydrogens is 291 g/mol. The first-order chi connectivity index (χ1) is 10.2. The molecule has 0 aliphatic carbocycles. The third-order valence-electron chi connectivity index (χ3n) is 3.07. The highest BCUT2D eigenvalue weighted by Crippen LogP contribution is 2.33. The van der Waals surface area contributed by atoms with E-state index in [-0.39, 0.29) is 5.02 Å². The number of halogens is 2. The van der Waals surface area contributed by atoms with Crippen LogP contribution in [0.2, 0.25) is 5.02 Å². The zero-order valence-electron chi connectivity index (χ0n) is 11.0. The predicted molar refractivity (Wildman–Crippen MR) is 81.1 cm³/mol. The van der Waals surface area contributed by atoms with Crippen LogP contribution >= 0.6 is 11.6 Å². The number of hydrogen-bond acceptors (Lipinski definition) is 3. The Labute approximate surface area is 126 Å². The van der Waals surface area contributed by atoms with Gasteiger partial charge < -0.3 is 10.5 Å². The predicted octanol–water partition coefficient (Wildman–Crippen LogP) is 4.28. The fourth-order valence-corrected chi connectivity index (χ4v) is 2.27. The van der Waals surface area contributed by atoms with Crippen LogP contribution in [0.5, 0.6) is 11.6 Å². The summed E-state index contributed by atoms with van der Waals surface area (Å²) >= 11 is 5.99. The average Bonchev–Trinajstić information content (AvgIpc) is 2.49. The molecule has 0 amide bonds. The molecule has 0 aliphatic rings. The fourth-order valence-electron chi connectivity index (χ4n) is 2.06. The van der Waals surface area contributed by atoms with E-state index in [0.717, 1.165) is 10.8 Å². The van der Waals surface area contributed by atoms with Gasteiger partial charge in [0.15, 0.2) is 0 Å². The van der Waals surface area contributed by atoms with Gasteiger partial charge in [-0.15, -0.1) is 0 Å². The van der Waals surface area contributed by atoms with E-state index in [1.165, 1.54) is 18.2 Å². The van der Waals surface area contributed by atoms with Crippen LogP contribution in [0.1, 0.15) is 5.69 Å². The summed E-state index contributed by atoms with van der Waals surface area (Å²) in [6.45, 7) is 0.304. The number of rotatable bonds is 3. The topological polar surface area (TPSA) is 48.1 Å². The molecule has 0 atom stereocenters. The van der Waals surface area contributed by atoms with Crippen molar-refractivity contribution in [2.24, 2.45) is 5.73 Å². The fraction of sp³-hybridized carbons (Fsp3) is 0.0625. The van der Waals surface area contributed by atoms with Crippen LogP contribution in [0.15, 0.2) is 48.5 Å². The molecule has 0 saturated carbocycles. The van der Waals surface area contributed by atoms with Gasteiger partial charge in [0.1, 0.15) is 11.6 Å². The number of nitrogens with zero attached hydrogens (tertiary/aromatic N) is 1. The highest BCUT2D eigenvalue weighted by molar-refractivity contribution is 6.32. The second-order valence-corrected chi connectivity index (χ2v) is 4.93. The van der Waals surface area contributed by atoms with E-state index >= 15 is 0 Å². The Kier molecular flexibility index (Phi) is 3.73. The van der Waals surface area contributed by atoms with Crippen LogP contribution in [-0.2, 0) is 6.54 Å². The zero-order chi connectivity index (χ0) is 14.8. The molecule has 0 unspecified atom stereocenters. The monoisotopic (exact) mass is 302 g/mol. The van der Waals surface area contributed by atoms with Gasteiger partial charge >= 0.3 is 0 Å². The Balaban J connectivity index is 2.10. The lowest BCUT2D eigenvalue weighted by Crippen LogP contribution is -2.01. The second kappa shape index (κ2) is 5.68. The molecule has 0 aliphatic heterocycles. The molecule has 3 rings (SSSR count). The van der Waals surface area contributed by atoms with Gasteiger partial charge in [0.25, 0.3) is 0 Å². The van der Waals surface area contributed by atoms with E-state index in [1.807, 2.05) is 30.3 Å². The minimum atomic E-state index is -0.416. The molecule has 2 aromatic carbocycles. The molecule has 5 heteroatoms. The van der Waals surface area contributed by atoms with Gasteiger partial charge in [-0.1, -0.05) is 29.8 Å². The van der Waals surface area contributed by atoms with Crippen LogP contribution in [0.4, 0.5) is 4.39 Å². The van der Waals surface area contributed by atoms with Crippen molar-refractivity contribution in [3.05, 3.63) is 65.1 Å². The van der Waals surface area contributed by atoms with Gasteiger partial charge in [-0.05, 0) is 35.7 Å². The van der Waals surface area contributed by atoms with E-state index < -0.39 is 5.82 Å². The molecule has 0 fully saturated rings. The lowest BCUT2D eigenvalue weighted by atomic mass is 10.1. The summed E-state index contributed by atoms with van der Waals surface area (Å²) in [5, 5.41) is 2.01. The summed E-state index contributed by atoms with van der Waals surface area (Å²) in [5.41, 5.74) is 6.37. The first-order valence-corrected chi connectivity index (χ1v) is 6.77. The molecule has 2 N–H and O–H groups in total. The van der Waals surface area contributed by atoms with E-state index in [9.17, 15) is 4.39 Å². The van der Waals surface area contributed by atoms with E-state index in [4.69, 9.17) is 22.1 Å². The number of pyridine rings is 1. The van der Waals surface area contributed by atoms with Crippen molar-refractivity contribution in [2.75, 3.05) is 0 Å². The minimum Gasteiger partial charge on any atom is -0.437 e. The molecule has 3 nitrogen and oxygen atoms in total. The smallest absolute Gasteiger partial charge is 0.227 e. The van der Waals surface area contributed by atoms with Crippen LogP contribution in [0.25, 0.3) is 10.8 Å². The summed E-state index contributed by atoms with van der Waals surface area (Å²) in [7, 11) is 0. The number of ether oxygens (including phenoxy) is 1. The summed E-state index contributed by atoms with van der Waals surface area (Å²) in [6, 6.07) is 13.5. The lowest BCUT2D eigenvalue weighted by molar-refractivity contribution is 0.465. The number of fused-ring (bicyclic) bond motifs is 1. The number of nitrogens with two attached hydrogens (primary N) is 1. The standard InChI is InChI=1S/C16H12ClFN2O/c17-14-8-11(18)5-6-15(14)21-16-13-4-2-1-3-10(13)7-12(9-19)20-16/h1-8H,9,19H2. The van der Waals surface area contributed by atoms with Crippen molar-refractivity contribution in [2.45, 2.75) is 6.54 Å². The number of benzene rings is 2. The van der Waals surface area contributed by atoms with Gasteiger partial charge in [-0.3, -0.25) is 0 Å². The van der Waals surface area contributed by atoms with Crippen molar-refractivity contribution in [1.82, 2.24) is 4.98 Å². The van der Waals surface area contributed by atoms with Crippen molar-refractivity contribution < 1.29 is 9.13 Å². The second-order valence-electron chi connectivity index (χ2n) is 4.52. The van der Waals surface area contributed by atoms with Crippen molar-refractivity contribution in [3.8, 4) is 11.6 Å². The Morgan fingerprint density at radius 1 is 1.14 bits per heavy atom. The third kappa shape index (κ3) is 2.82. The van der Waals surface area contributed by atoms with Gasteiger partial charge in [-0.2, -0.15) is 0 Å². The van der Waals surface area contributed by atoms with Gasteiger partial charge in [0, 0.05) is 11.9 Å². The highest BCUT2D eigenvalue weighted by Gasteiger charge is 2.10. The SMILES string of the molecule is NCc1cc2ccccc2c(Oc2ccc(F)cc2Cl)n1. The Morgan fingerprint density at radius 3 is 2.71 bits per heavy atom. The summed E-state index contributed by atoms with van der Waals surface area (Å²) in [5.74, 6) is 0.341. The highest BCUT2D eigenvalue weighted by atomic mass is 35.5. The third-order valence-corrected chi connectivity index (χ3v) is 3.36. The van der Waals surface area contributed by atoms with Crippen molar-refractivity contribution in [1.29, 1.82) is 0 Å². The molecular formula is C16H12ClFN2O. The number of aromatic nitrogens is 1. The van der Waals surface area contributed by atoms with Crippen LogP contribution in [0, 0.1) is 5.82 Å². The molecule has 0 radical (unpaired) electrons. The summed E-state index contributed by atoms with van der Waals surface area (Å²) < 4.78 is 18.8. The van der Waals surface area contributed by atoms with Crippen LogP contribution in [-0.4, -0.2) is 4.98 Å². The molecule has 1 aromatic heterocycles. The lowest BCUT2D eigenvalue weighted by Gasteiger charge is -2.11. The zero-order valence-corrected chi connectivity index (χ0v) is 11.8. The van der Waals surface area contributed by atoms with Crippen molar-refractivity contribution in [3.63, 3.8) is 0 Å². The first kappa shape index (κ1) is 13.8. The molecule has 21 heavy (non-hydrogen) atoms. The van der Waals surface area contributed by atoms with E-state index in [1.54, 1.807) is 0 Å². The van der Waals surface area contributed by atoms with Gasteiger partial charge in [-0.25, -0.2) is 9.37 Å². The van der Waals surface area contributed by atoms with E-state index in [0.29, 0.717) is 23.9 Å². The molecule has 0 saturated heterocycles. The summed E-state index contributed by atoms with van der Waals surface area (Å²) in [6.07, 6.45) is 0. The van der Waals surface area contributed by atoms with Crippen LogP contribution in [0.3, 0.4) is 0 Å². The summed E-state index contributed by atoms with van der Waals surface area (Å²) in [4.78, 5) is 4.38. The molecule has 1 heterocycles. The minimum absolute atomic E-state index is 0.194. The Morgan fingerprint density at radius 2 is 1.95 bits per heavy atom. The normalized spacial score (nSPS) is 10.8. The van der Waals surface area contributed by atoms with Gasteiger partial charge in [0.05, 0.1) is 10.7 Å². The Bertz CT molecular complexity index is 807. The maximum atomic E-state index is 13.1. The first-order valence-electron chi connectivity index (χ1n) is 6.39. The molecule has 106 valence electrons.